The molecule has 0 amide bonds. The second kappa shape index (κ2) is 4.47. The molecular weight excluding hydrogens is 264 g/mol. The summed E-state index contributed by atoms with van der Waals surface area (Å²) in [5, 5.41) is 0. The van der Waals surface area contributed by atoms with Gasteiger partial charge in [-0.05, 0) is 43.9 Å². The highest BCUT2D eigenvalue weighted by Gasteiger charge is 2.78. The Bertz CT molecular complexity index is 457. The van der Waals surface area contributed by atoms with Gasteiger partial charge in [-0.2, -0.15) is 0 Å². The van der Waals surface area contributed by atoms with E-state index in [1.807, 2.05) is 0 Å². The van der Waals surface area contributed by atoms with Crippen LogP contribution in [0.25, 0.3) is 0 Å². The van der Waals surface area contributed by atoms with E-state index >= 15 is 0 Å². The Labute approximate surface area is 128 Å². The summed E-state index contributed by atoms with van der Waals surface area (Å²) in [6.45, 7) is 11.5. The van der Waals surface area contributed by atoms with Gasteiger partial charge in [-0.15, -0.1) is 0 Å². The maximum Gasteiger partial charge on any atom is 0.302 e. The van der Waals surface area contributed by atoms with Crippen molar-refractivity contribution in [2.45, 2.75) is 84.3 Å². The molecule has 2 aliphatic carbocycles. The van der Waals surface area contributed by atoms with Gasteiger partial charge in [0.2, 0.25) is 0 Å². The lowest BCUT2D eigenvalue weighted by atomic mass is 9.46. The van der Waals surface area contributed by atoms with Crippen molar-refractivity contribution in [2.24, 2.45) is 16.7 Å². The van der Waals surface area contributed by atoms with Crippen molar-refractivity contribution in [2.75, 3.05) is 6.61 Å². The molecule has 3 fully saturated rings. The van der Waals surface area contributed by atoms with E-state index in [2.05, 4.69) is 27.7 Å². The SMILES string of the molecule is CC(=O)OCC[C@@]12O[C@]1(C)CC[C@H]1C(C)(C)CCC[C@@]12C. The van der Waals surface area contributed by atoms with E-state index in [4.69, 9.17) is 9.47 Å². The van der Waals surface area contributed by atoms with Gasteiger partial charge in [-0.1, -0.05) is 27.2 Å². The van der Waals surface area contributed by atoms with Crippen LogP contribution in [0.5, 0.6) is 0 Å². The van der Waals surface area contributed by atoms with E-state index < -0.39 is 0 Å². The third-order valence-corrected chi connectivity index (χ3v) is 7.03. The molecule has 1 aliphatic heterocycles. The van der Waals surface area contributed by atoms with Crippen LogP contribution >= 0.6 is 0 Å². The van der Waals surface area contributed by atoms with Crippen molar-refractivity contribution in [1.82, 2.24) is 0 Å². The molecular formula is C18H30O3. The van der Waals surface area contributed by atoms with Gasteiger partial charge in [0.25, 0.3) is 0 Å². The lowest BCUT2D eigenvalue weighted by Gasteiger charge is -2.56. The molecule has 0 bridgehead atoms. The minimum Gasteiger partial charge on any atom is -0.466 e. The molecule has 0 aromatic rings. The summed E-state index contributed by atoms with van der Waals surface area (Å²) in [5.74, 6) is 0.530. The zero-order valence-corrected chi connectivity index (χ0v) is 14.3. The Balaban J connectivity index is 1.86. The number of rotatable bonds is 3. The molecule has 2 saturated carbocycles. The molecule has 1 saturated heterocycles. The third-order valence-electron chi connectivity index (χ3n) is 7.03. The quantitative estimate of drug-likeness (QED) is 0.581. The van der Waals surface area contributed by atoms with E-state index in [0.717, 1.165) is 12.8 Å². The fraction of sp³-hybridized carbons (Fsp3) is 0.944. The van der Waals surface area contributed by atoms with Crippen molar-refractivity contribution in [1.29, 1.82) is 0 Å². The van der Waals surface area contributed by atoms with Crippen LogP contribution in [0.4, 0.5) is 0 Å². The third kappa shape index (κ3) is 1.99. The minimum absolute atomic E-state index is 0.00577. The van der Waals surface area contributed by atoms with Crippen LogP contribution in [0, 0.1) is 16.7 Å². The summed E-state index contributed by atoms with van der Waals surface area (Å²) in [6, 6.07) is 0. The Morgan fingerprint density at radius 3 is 2.57 bits per heavy atom. The molecule has 1 heterocycles. The lowest BCUT2D eigenvalue weighted by molar-refractivity contribution is -0.142. The van der Waals surface area contributed by atoms with Crippen LogP contribution in [0.1, 0.15) is 73.1 Å². The zero-order chi connectivity index (χ0) is 15.5. The molecule has 3 nitrogen and oxygen atoms in total. The molecule has 4 atom stereocenters. The first-order valence-electron chi connectivity index (χ1n) is 8.50. The number of esters is 1. The topological polar surface area (TPSA) is 38.8 Å². The molecule has 3 heteroatoms. The fourth-order valence-corrected chi connectivity index (χ4v) is 6.01. The van der Waals surface area contributed by atoms with Crippen molar-refractivity contribution in [3.05, 3.63) is 0 Å². The van der Waals surface area contributed by atoms with Crippen molar-refractivity contribution in [3.8, 4) is 0 Å². The number of carbonyl (C=O) groups is 1. The molecule has 3 rings (SSSR count). The predicted molar refractivity (Wildman–Crippen MR) is 81.9 cm³/mol. The molecule has 0 unspecified atom stereocenters. The van der Waals surface area contributed by atoms with Gasteiger partial charge in [-0.25, -0.2) is 0 Å². The standard InChI is InChI=1S/C18H30O3/c1-13(19)20-12-11-18-16(4)9-6-8-15(2,3)14(16)7-10-17(18,5)21-18/h14H,6-12H2,1-5H3/t14-,16-,17+,18-/m0/s1. The normalized spacial score (nSPS) is 47.2. The summed E-state index contributed by atoms with van der Waals surface area (Å²) in [5.41, 5.74) is 0.554. The largest absolute Gasteiger partial charge is 0.466 e. The Morgan fingerprint density at radius 2 is 1.90 bits per heavy atom. The van der Waals surface area contributed by atoms with Crippen LogP contribution in [-0.2, 0) is 14.3 Å². The van der Waals surface area contributed by atoms with E-state index in [-0.39, 0.29) is 22.6 Å². The number of ether oxygens (including phenoxy) is 2. The summed E-state index contributed by atoms with van der Waals surface area (Å²) >= 11 is 0. The maximum atomic E-state index is 11.1. The first-order valence-corrected chi connectivity index (χ1v) is 8.50. The number of carbonyl (C=O) groups excluding carboxylic acids is 1. The summed E-state index contributed by atoms with van der Waals surface area (Å²) < 4.78 is 11.6. The molecule has 0 aromatic carbocycles. The van der Waals surface area contributed by atoms with Gasteiger partial charge in [0, 0.05) is 18.8 Å². The van der Waals surface area contributed by atoms with Crippen molar-refractivity contribution < 1.29 is 14.3 Å². The van der Waals surface area contributed by atoms with Crippen molar-refractivity contribution in [3.63, 3.8) is 0 Å². The van der Waals surface area contributed by atoms with Crippen LogP contribution < -0.4 is 0 Å². The molecule has 3 aliphatic rings. The molecule has 0 spiro atoms. The van der Waals surface area contributed by atoms with Gasteiger partial charge < -0.3 is 9.47 Å². The predicted octanol–water partition coefficient (Wildman–Crippen LogP) is 4.09. The number of hydrogen-bond acceptors (Lipinski definition) is 3. The monoisotopic (exact) mass is 294 g/mol. The zero-order valence-electron chi connectivity index (χ0n) is 14.3. The van der Waals surface area contributed by atoms with Crippen LogP contribution in [0.2, 0.25) is 0 Å². The smallest absolute Gasteiger partial charge is 0.302 e. The van der Waals surface area contributed by atoms with Gasteiger partial charge in [0.1, 0.15) is 5.60 Å². The number of fused-ring (bicyclic) bond motifs is 3. The van der Waals surface area contributed by atoms with E-state index in [0.29, 0.717) is 17.9 Å². The second-order valence-electron chi connectivity index (χ2n) is 8.60. The Hall–Kier alpha value is -0.570. The maximum absolute atomic E-state index is 11.1. The highest BCUT2D eigenvalue weighted by molar-refractivity contribution is 5.65. The van der Waals surface area contributed by atoms with Gasteiger partial charge in [-0.3, -0.25) is 4.79 Å². The molecule has 21 heavy (non-hydrogen) atoms. The number of hydrogen-bond donors (Lipinski definition) is 0. The van der Waals surface area contributed by atoms with Crippen molar-refractivity contribution >= 4 is 5.97 Å². The van der Waals surface area contributed by atoms with Crippen LogP contribution in [0.3, 0.4) is 0 Å². The Morgan fingerprint density at radius 1 is 1.19 bits per heavy atom. The first-order chi connectivity index (χ1) is 9.67. The minimum atomic E-state index is -0.185. The molecule has 0 aromatic heterocycles. The Kier molecular flexibility index (Phi) is 3.26. The highest BCUT2D eigenvalue weighted by atomic mass is 16.6. The summed E-state index contributed by atoms with van der Waals surface area (Å²) in [6.07, 6.45) is 7.13. The van der Waals surface area contributed by atoms with E-state index in [1.165, 1.54) is 32.6 Å². The highest BCUT2D eigenvalue weighted by Crippen LogP contribution is 2.74. The summed E-state index contributed by atoms with van der Waals surface area (Å²) in [4.78, 5) is 11.1. The molecule has 0 radical (unpaired) electrons. The fourth-order valence-electron chi connectivity index (χ4n) is 6.01. The van der Waals surface area contributed by atoms with Gasteiger partial charge in [0.15, 0.2) is 0 Å². The second-order valence-corrected chi connectivity index (χ2v) is 8.60. The van der Waals surface area contributed by atoms with E-state index in [1.54, 1.807) is 0 Å². The average molecular weight is 294 g/mol. The first kappa shape index (κ1) is 15.3. The molecule has 0 N–H and O–H groups in total. The lowest BCUT2D eigenvalue weighted by Crippen LogP contribution is -2.56. The van der Waals surface area contributed by atoms with E-state index in [9.17, 15) is 4.79 Å². The van der Waals surface area contributed by atoms with Crippen LogP contribution in [-0.4, -0.2) is 23.8 Å². The van der Waals surface area contributed by atoms with Gasteiger partial charge in [0.05, 0.1) is 12.2 Å². The summed E-state index contributed by atoms with van der Waals surface area (Å²) in [7, 11) is 0. The van der Waals surface area contributed by atoms with Crippen LogP contribution in [0.15, 0.2) is 0 Å². The number of epoxide rings is 1. The average Bonchev–Trinajstić information content (AvgIpc) is 2.95. The van der Waals surface area contributed by atoms with Gasteiger partial charge >= 0.3 is 5.97 Å². The molecule has 120 valence electrons.